The Labute approximate surface area is 138 Å². The highest BCUT2D eigenvalue weighted by Gasteiger charge is 2.55. The molecule has 3 rings (SSSR count). The number of epoxide rings is 1. The van der Waals surface area contributed by atoms with Crippen molar-refractivity contribution in [1.82, 2.24) is 4.90 Å². The predicted octanol–water partition coefficient (Wildman–Crippen LogP) is 3.05. The Bertz CT molecular complexity index is 409. The van der Waals surface area contributed by atoms with E-state index in [1.54, 1.807) is 0 Å². The molecule has 0 spiro atoms. The lowest BCUT2D eigenvalue weighted by Gasteiger charge is -2.33. The van der Waals surface area contributed by atoms with Gasteiger partial charge in [0.15, 0.2) is 6.10 Å². The van der Waals surface area contributed by atoms with Gasteiger partial charge in [-0.05, 0) is 51.0 Å². The molecule has 1 aliphatic carbocycles. The average Bonchev–Trinajstić information content (AvgIpc) is 3.25. The number of carbonyl (C=O) groups is 1. The molecule has 5 heteroatoms. The van der Waals surface area contributed by atoms with Gasteiger partial charge in [0, 0.05) is 0 Å². The summed E-state index contributed by atoms with van der Waals surface area (Å²) in [4.78, 5) is 14.9. The third-order valence-corrected chi connectivity index (χ3v) is 5.99. The third kappa shape index (κ3) is 3.31. The average molecular weight is 327 g/mol. The molecular weight excluding hydrogens is 298 g/mol. The minimum Gasteiger partial charge on any atom is -0.359 e. The van der Waals surface area contributed by atoms with Crippen LogP contribution in [0.3, 0.4) is 0 Å². The van der Waals surface area contributed by atoms with E-state index in [1.165, 1.54) is 32.1 Å². The Morgan fingerprint density at radius 2 is 2.00 bits per heavy atom. The van der Waals surface area contributed by atoms with Gasteiger partial charge in [0.1, 0.15) is 5.72 Å². The van der Waals surface area contributed by atoms with Crippen molar-refractivity contribution in [2.75, 3.05) is 18.6 Å². The van der Waals surface area contributed by atoms with Crippen molar-refractivity contribution in [1.29, 1.82) is 0 Å². The molecule has 2 saturated heterocycles. The highest BCUT2D eigenvalue weighted by molar-refractivity contribution is 7.98. The van der Waals surface area contributed by atoms with Gasteiger partial charge in [-0.2, -0.15) is 11.8 Å². The minimum atomic E-state index is -0.497. The summed E-state index contributed by atoms with van der Waals surface area (Å²) in [6, 6.07) is 0.200. The van der Waals surface area contributed by atoms with E-state index in [0.717, 1.165) is 12.2 Å². The molecule has 0 aromatic carbocycles. The zero-order valence-corrected chi connectivity index (χ0v) is 14.9. The third-order valence-electron chi connectivity index (χ3n) is 5.35. The van der Waals surface area contributed by atoms with Crippen LogP contribution < -0.4 is 0 Å². The molecule has 1 saturated carbocycles. The van der Waals surface area contributed by atoms with E-state index >= 15 is 0 Å². The van der Waals surface area contributed by atoms with Gasteiger partial charge < -0.3 is 14.4 Å². The first-order valence-corrected chi connectivity index (χ1v) is 10.1. The van der Waals surface area contributed by atoms with Gasteiger partial charge in [0.2, 0.25) is 0 Å². The molecule has 2 aliphatic heterocycles. The second-order valence-corrected chi connectivity index (χ2v) is 8.31. The lowest BCUT2D eigenvalue weighted by atomic mass is 9.85. The van der Waals surface area contributed by atoms with E-state index < -0.39 is 5.72 Å². The van der Waals surface area contributed by atoms with Crippen LogP contribution in [0, 0.1) is 5.92 Å². The number of rotatable bonds is 5. The van der Waals surface area contributed by atoms with Crippen LogP contribution >= 0.6 is 11.8 Å². The monoisotopic (exact) mass is 327 g/mol. The molecule has 126 valence electrons. The van der Waals surface area contributed by atoms with E-state index in [9.17, 15) is 4.79 Å². The minimum absolute atomic E-state index is 0.157. The molecule has 2 heterocycles. The van der Waals surface area contributed by atoms with Crippen molar-refractivity contribution in [3.8, 4) is 0 Å². The van der Waals surface area contributed by atoms with Crippen LogP contribution in [-0.4, -0.2) is 53.4 Å². The van der Waals surface area contributed by atoms with Crippen LogP contribution in [0.15, 0.2) is 0 Å². The Hall–Kier alpha value is -0.260. The van der Waals surface area contributed by atoms with Crippen LogP contribution in [0.4, 0.5) is 0 Å². The van der Waals surface area contributed by atoms with Gasteiger partial charge in [-0.25, -0.2) is 0 Å². The van der Waals surface area contributed by atoms with Crippen molar-refractivity contribution < 1.29 is 14.3 Å². The standard InChI is InChI=1S/C17H29NO3S/c1-17(2)18(13(11-20-17)9-10-22-3)16(19)15-14(21-15)12-7-5-4-6-8-12/h12-15H,4-11H2,1-3H3/t13-,14+,15-/m0/s1. The molecular formula is C17H29NO3S. The van der Waals surface area contributed by atoms with E-state index in [4.69, 9.17) is 9.47 Å². The lowest BCUT2D eigenvalue weighted by molar-refractivity contribution is -0.147. The summed E-state index contributed by atoms with van der Waals surface area (Å²) in [5.41, 5.74) is -0.497. The fraction of sp³-hybridized carbons (Fsp3) is 0.941. The van der Waals surface area contributed by atoms with Gasteiger partial charge in [0.25, 0.3) is 5.91 Å². The second-order valence-electron chi connectivity index (χ2n) is 7.32. The van der Waals surface area contributed by atoms with Gasteiger partial charge in [-0.3, -0.25) is 4.79 Å². The highest BCUT2D eigenvalue weighted by atomic mass is 32.2. The molecule has 0 bridgehead atoms. The number of ether oxygens (including phenoxy) is 2. The maximum Gasteiger partial charge on any atom is 0.257 e. The number of amides is 1. The van der Waals surface area contributed by atoms with Crippen LogP contribution in [-0.2, 0) is 14.3 Å². The summed E-state index contributed by atoms with van der Waals surface area (Å²) in [6.07, 6.45) is 9.44. The largest absolute Gasteiger partial charge is 0.359 e. The Balaban J connectivity index is 1.62. The number of carbonyl (C=O) groups excluding carboxylic acids is 1. The smallest absolute Gasteiger partial charge is 0.257 e. The normalized spacial score (nSPS) is 34.9. The summed E-state index contributed by atoms with van der Waals surface area (Å²) in [7, 11) is 0. The van der Waals surface area contributed by atoms with Crippen LogP contribution in [0.5, 0.6) is 0 Å². The van der Waals surface area contributed by atoms with Crippen molar-refractivity contribution in [2.24, 2.45) is 5.92 Å². The van der Waals surface area contributed by atoms with Gasteiger partial charge in [-0.15, -0.1) is 0 Å². The summed E-state index contributed by atoms with van der Waals surface area (Å²) < 4.78 is 11.7. The first-order valence-electron chi connectivity index (χ1n) is 8.66. The molecule has 0 N–H and O–H groups in total. The molecule has 4 nitrogen and oxygen atoms in total. The number of hydrogen-bond donors (Lipinski definition) is 0. The number of thioether (sulfide) groups is 1. The first-order chi connectivity index (χ1) is 10.5. The van der Waals surface area contributed by atoms with E-state index in [2.05, 4.69) is 6.26 Å². The van der Waals surface area contributed by atoms with Crippen LogP contribution in [0.1, 0.15) is 52.4 Å². The topological polar surface area (TPSA) is 42.1 Å². The number of hydrogen-bond acceptors (Lipinski definition) is 4. The van der Waals surface area contributed by atoms with Crippen molar-refractivity contribution in [3.05, 3.63) is 0 Å². The molecule has 3 aliphatic rings. The van der Waals surface area contributed by atoms with Crippen molar-refractivity contribution in [2.45, 2.75) is 76.3 Å². The molecule has 0 unspecified atom stereocenters. The maximum atomic E-state index is 13.0. The molecule has 22 heavy (non-hydrogen) atoms. The van der Waals surface area contributed by atoms with Crippen molar-refractivity contribution >= 4 is 17.7 Å². The van der Waals surface area contributed by atoms with Crippen LogP contribution in [0.25, 0.3) is 0 Å². The fourth-order valence-electron chi connectivity index (χ4n) is 4.08. The summed E-state index contributed by atoms with van der Waals surface area (Å²) >= 11 is 1.82. The van der Waals surface area contributed by atoms with E-state index in [1.807, 2.05) is 30.5 Å². The molecule has 0 radical (unpaired) electrons. The lowest BCUT2D eigenvalue weighted by Crippen LogP contribution is -2.50. The zero-order chi connectivity index (χ0) is 15.7. The highest BCUT2D eigenvalue weighted by Crippen LogP contribution is 2.41. The summed E-state index contributed by atoms with van der Waals surface area (Å²) in [5.74, 6) is 1.81. The van der Waals surface area contributed by atoms with Crippen LogP contribution in [0.2, 0.25) is 0 Å². The second kappa shape index (κ2) is 6.70. The Morgan fingerprint density at radius 3 is 2.68 bits per heavy atom. The molecule has 0 aromatic rings. The van der Waals surface area contributed by atoms with Gasteiger partial charge in [0.05, 0.1) is 18.8 Å². The molecule has 0 aromatic heterocycles. The summed E-state index contributed by atoms with van der Waals surface area (Å²) in [6.45, 7) is 4.66. The van der Waals surface area contributed by atoms with Gasteiger partial charge in [-0.1, -0.05) is 19.3 Å². The maximum absolute atomic E-state index is 13.0. The Morgan fingerprint density at radius 1 is 1.27 bits per heavy atom. The quantitative estimate of drug-likeness (QED) is 0.728. The summed E-state index contributed by atoms with van der Waals surface area (Å²) in [5, 5.41) is 0. The van der Waals surface area contributed by atoms with Gasteiger partial charge >= 0.3 is 0 Å². The first kappa shape index (κ1) is 16.6. The Kier molecular flexibility index (Phi) is 5.05. The van der Waals surface area contributed by atoms with E-state index in [-0.39, 0.29) is 24.2 Å². The predicted molar refractivity (Wildman–Crippen MR) is 88.9 cm³/mol. The SMILES string of the molecule is CSCC[C@H]1COC(C)(C)N1C(=O)[C@H]1O[C@@H]1C1CCCCC1. The van der Waals surface area contributed by atoms with Crippen molar-refractivity contribution in [3.63, 3.8) is 0 Å². The molecule has 3 fully saturated rings. The molecule has 1 amide bonds. The fourth-order valence-corrected chi connectivity index (χ4v) is 4.58. The van der Waals surface area contributed by atoms with E-state index in [0.29, 0.717) is 12.5 Å². The molecule has 3 atom stereocenters. The number of nitrogens with zero attached hydrogens (tertiary/aromatic N) is 1. The zero-order valence-electron chi connectivity index (χ0n) is 14.0.